The number of halogens is 1. The van der Waals surface area contributed by atoms with Gasteiger partial charge in [0.15, 0.2) is 0 Å². The number of rotatable bonds is 9. The quantitative estimate of drug-likeness (QED) is 0.539. The summed E-state index contributed by atoms with van der Waals surface area (Å²) in [6.45, 7) is 1.09. The third-order valence-corrected chi connectivity index (χ3v) is 5.18. The minimum atomic E-state index is -0.0574. The van der Waals surface area contributed by atoms with Crippen molar-refractivity contribution in [3.05, 3.63) is 64.7 Å². The van der Waals surface area contributed by atoms with Crippen LogP contribution in [0.2, 0.25) is 5.02 Å². The Morgan fingerprint density at radius 1 is 1.14 bits per heavy atom. The van der Waals surface area contributed by atoms with E-state index in [0.29, 0.717) is 23.3 Å². The fourth-order valence-electron chi connectivity index (χ4n) is 2.48. The molecule has 3 rings (SSSR count). The summed E-state index contributed by atoms with van der Waals surface area (Å²) in [7, 11) is 1.63. The number of tetrazole rings is 1. The first-order valence-corrected chi connectivity index (χ1v) is 10.0. The van der Waals surface area contributed by atoms with E-state index in [0.717, 1.165) is 23.3 Å². The Balaban J connectivity index is 1.44. The van der Waals surface area contributed by atoms with E-state index in [1.165, 1.54) is 11.8 Å². The first-order chi connectivity index (χ1) is 13.6. The second-order valence-electron chi connectivity index (χ2n) is 5.98. The number of hydrogen-bond donors (Lipinski definition) is 1. The van der Waals surface area contributed by atoms with E-state index in [4.69, 9.17) is 16.3 Å². The Morgan fingerprint density at radius 3 is 2.57 bits per heavy atom. The maximum Gasteiger partial charge on any atom is 0.230 e. The van der Waals surface area contributed by atoms with Crippen LogP contribution in [0.15, 0.2) is 53.7 Å². The lowest BCUT2D eigenvalue weighted by Gasteiger charge is -2.07. The molecule has 0 fully saturated rings. The fourth-order valence-corrected chi connectivity index (χ4v) is 3.31. The standard InChI is InChI=1S/C19H20ClN5O2S/c1-27-17-8-4-15(5-9-17)12-25-19(22-23-24-25)28-13-18(26)21-11-10-14-2-6-16(20)7-3-14/h2-9H,10-13H2,1H3,(H,21,26). The summed E-state index contributed by atoms with van der Waals surface area (Å²) in [5.74, 6) is 0.993. The minimum Gasteiger partial charge on any atom is -0.497 e. The second-order valence-corrected chi connectivity index (χ2v) is 7.36. The van der Waals surface area contributed by atoms with Gasteiger partial charge in [-0.1, -0.05) is 47.6 Å². The molecule has 1 heterocycles. The van der Waals surface area contributed by atoms with Gasteiger partial charge < -0.3 is 10.1 Å². The summed E-state index contributed by atoms with van der Waals surface area (Å²) in [6.07, 6.45) is 0.753. The molecule has 3 aromatic rings. The number of carbonyl (C=O) groups excluding carboxylic acids is 1. The SMILES string of the molecule is COc1ccc(Cn2nnnc2SCC(=O)NCCc2ccc(Cl)cc2)cc1. The number of hydrogen-bond acceptors (Lipinski definition) is 6. The van der Waals surface area contributed by atoms with Crippen LogP contribution < -0.4 is 10.1 Å². The molecule has 0 spiro atoms. The van der Waals surface area contributed by atoms with Gasteiger partial charge in [0.2, 0.25) is 11.1 Å². The molecule has 0 bridgehead atoms. The van der Waals surface area contributed by atoms with Crippen LogP contribution in [0.3, 0.4) is 0 Å². The largest absolute Gasteiger partial charge is 0.497 e. The molecular formula is C19H20ClN5O2S. The molecule has 0 atom stereocenters. The average molecular weight is 418 g/mol. The van der Waals surface area contributed by atoms with Crippen molar-refractivity contribution in [1.29, 1.82) is 0 Å². The van der Waals surface area contributed by atoms with E-state index in [1.807, 2.05) is 48.5 Å². The molecule has 0 unspecified atom stereocenters. The highest BCUT2D eigenvalue weighted by molar-refractivity contribution is 7.99. The van der Waals surface area contributed by atoms with Crippen LogP contribution >= 0.6 is 23.4 Å². The zero-order valence-electron chi connectivity index (χ0n) is 15.3. The van der Waals surface area contributed by atoms with Crippen LogP contribution in [0.5, 0.6) is 5.75 Å². The maximum absolute atomic E-state index is 12.1. The molecule has 0 radical (unpaired) electrons. The lowest BCUT2D eigenvalue weighted by atomic mass is 10.1. The Morgan fingerprint density at radius 2 is 1.86 bits per heavy atom. The normalized spacial score (nSPS) is 10.6. The molecule has 0 saturated heterocycles. The highest BCUT2D eigenvalue weighted by Crippen LogP contribution is 2.17. The number of methoxy groups -OCH3 is 1. The monoisotopic (exact) mass is 417 g/mol. The molecule has 0 aliphatic heterocycles. The predicted molar refractivity (Wildman–Crippen MR) is 109 cm³/mol. The van der Waals surface area contributed by atoms with Crippen molar-refractivity contribution in [3.8, 4) is 5.75 Å². The summed E-state index contributed by atoms with van der Waals surface area (Å²) in [5.41, 5.74) is 2.17. The van der Waals surface area contributed by atoms with Crippen molar-refractivity contribution in [2.75, 3.05) is 19.4 Å². The second kappa shape index (κ2) is 10.1. The number of ether oxygens (including phenoxy) is 1. The topological polar surface area (TPSA) is 81.9 Å². The number of amides is 1. The van der Waals surface area contributed by atoms with Gasteiger partial charge in [-0.2, -0.15) is 0 Å². The summed E-state index contributed by atoms with van der Waals surface area (Å²) >= 11 is 7.18. The number of aromatic nitrogens is 4. The third kappa shape index (κ3) is 5.97. The number of thioether (sulfide) groups is 1. The zero-order valence-corrected chi connectivity index (χ0v) is 16.9. The molecule has 28 heavy (non-hydrogen) atoms. The summed E-state index contributed by atoms with van der Waals surface area (Å²) in [5, 5.41) is 15.9. The average Bonchev–Trinajstić information content (AvgIpc) is 3.15. The van der Waals surface area contributed by atoms with E-state index in [9.17, 15) is 4.79 Å². The van der Waals surface area contributed by atoms with Crippen LogP contribution in [0.25, 0.3) is 0 Å². The molecule has 2 aromatic carbocycles. The third-order valence-electron chi connectivity index (χ3n) is 3.97. The van der Waals surface area contributed by atoms with Crippen molar-refractivity contribution in [2.24, 2.45) is 0 Å². The van der Waals surface area contributed by atoms with Gasteiger partial charge in [0.1, 0.15) is 5.75 Å². The van der Waals surface area contributed by atoms with E-state index in [2.05, 4.69) is 20.8 Å². The molecular weight excluding hydrogens is 398 g/mol. The predicted octanol–water partition coefficient (Wildman–Crippen LogP) is 2.83. The lowest BCUT2D eigenvalue weighted by molar-refractivity contribution is -0.118. The van der Waals surface area contributed by atoms with Crippen molar-refractivity contribution < 1.29 is 9.53 Å². The summed E-state index contributed by atoms with van der Waals surface area (Å²) in [6, 6.07) is 15.3. The smallest absolute Gasteiger partial charge is 0.230 e. The van der Waals surface area contributed by atoms with Crippen LogP contribution in [0, 0.1) is 0 Å². The van der Waals surface area contributed by atoms with Gasteiger partial charge in [-0.05, 0) is 52.2 Å². The van der Waals surface area contributed by atoms with E-state index in [-0.39, 0.29) is 11.7 Å². The molecule has 1 N–H and O–H groups in total. The minimum absolute atomic E-state index is 0.0574. The number of nitrogens with zero attached hydrogens (tertiary/aromatic N) is 4. The van der Waals surface area contributed by atoms with Crippen molar-refractivity contribution in [3.63, 3.8) is 0 Å². The van der Waals surface area contributed by atoms with Crippen molar-refractivity contribution >= 4 is 29.3 Å². The van der Waals surface area contributed by atoms with Crippen molar-refractivity contribution in [2.45, 2.75) is 18.1 Å². The lowest BCUT2D eigenvalue weighted by Crippen LogP contribution is -2.27. The van der Waals surface area contributed by atoms with Gasteiger partial charge in [-0.15, -0.1) is 5.10 Å². The molecule has 9 heteroatoms. The van der Waals surface area contributed by atoms with E-state index in [1.54, 1.807) is 11.8 Å². The molecule has 1 aromatic heterocycles. The van der Waals surface area contributed by atoms with Gasteiger partial charge in [-0.25, -0.2) is 4.68 Å². The highest BCUT2D eigenvalue weighted by atomic mass is 35.5. The maximum atomic E-state index is 12.1. The van der Waals surface area contributed by atoms with Crippen LogP contribution in [0.1, 0.15) is 11.1 Å². The molecule has 0 saturated carbocycles. The molecule has 0 aliphatic rings. The van der Waals surface area contributed by atoms with Crippen molar-refractivity contribution in [1.82, 2.24) is 25.5 Å². The molecule has 7 nitrogen and oxygen atoms in total. The van der Waals surface area contributed by atoms with Gasteiger partial charge in [0.25, 0.3) is 0 Å². The summed E-state index contributed by atoms with van der Waals surface area (Å²) in [4.78, 5) is 12.1. The Labute approximate surface area is 172 Å². The first kappa shape index (κ1) is 20.2. The molecule has 1 amide bonds. The van der Waals surface area contributed by atoms with Gasteiger partial charge in [0, 0.05) is 11.6 Å². The molecule has 146 valence electrons. The highest BCUT2D eigenvalue weighted by Gasteiger charge is 2.10. The van der Waals surface area contributed by atoms with Crippen LogP contribution in [-0.2, 0) is 17.8 Å². The fraction of sp³-hybridized carbons (Fsp3) is 0.263. The van der Waals surface area contributed by atoms with E-state index >= 15 is 0 Å². The van der Waals surface area contributed by atoms with Crippen LogP contribution in [0.4, 0.5) is 0 Å². The Kier molecular flexibility index (Phi) is 7.27. The summed E-state index contributed by atoms with van der Waals surface area (Å²) < 4.78 is 6.83. The number of benzene rings is 2. The Bertz CT molecular complexity index is 899. The van der Waals surface area contributed by atoms with Gasteiger partial charge in [-0.3, -0.25) is 4.79 Å². The van der Waals surface area contributed by atoms with Gasteiger partial charge >= 0.3 is 0 Å². The Hall–Kier alpha value is -2.58. The number of nitrogens with one attached hydrogen (secondary N) is 1. The zero-order chi connectivity index (χ0) is 19.8. The number of carbonyl (C=O) groups is 1. The van der Waals surface area contributed by atoms with E-state index < -0.39 is 0 Å². The van der Waals surface area contributed by atoms with Gasteiger partial charge in [0.05, 0.1) is 19.4 Å². The molecule has 0 aliphatic carbocycles. The first-order valence-electron chi connectivity index (χ1n) is 8.67. The van der Waals surface area contributed by atoms with Crippen LogP contribution in [-0.4, -0.2) is 45.5 Å².